The second-order valence-electron chi connectivity index (χ2n) is 8.94. The molecular formula is C24H34N4O2. The van der Waals surface area contributed by atoms with E-state index in [2.05, 4.69) is 51.3 Å². The van der Waals surface area contributed by atoms with Crippen LogP contribution < -0.4 is 9.47 Å². The number of hydrogen-bond donors (Lipinski definition) is 0. The first-order valence-electron chi connectivity index (χ1n) is 11.4. The highest BCUT2D eigenvalue weighted by Crippen LogP contribution is 2.35. The second-order valence-corrected chi connectivity index (χ2v) is 8.94. The lowest BCUT2D eigenvalue weighted by Crippen LogP contribution is -2.47. The van der Waals surface area contributed by atoms with Crippen LogP contribution >= 0.6 is 0 Å². The molecule has 4 heterocycles. The highest BCUT2D eigenvalue weighted by atomic mass is 16.7. The third-order valence-corrected chi connectivity index (χ3v) is 6.94. The summed E-state index contributed by atoms with van der Waals surface area (Å²) in [5.41, 5.74) is 5.16. The molecule has 0 bridgehead atoms. The molecule has 3 aliphatic heterocycles. The van der Waals surface area contributed by atoms with Crippen molar-refractivity contribution in [2.75, 3.05) is 59.2 Å². The van der Waals surface area contributed by atoms with Crippen molar-refractivity contribution in [3.63, 3.8) is 0 Å². The Morgan fingerprint density at radius 1 is 0.767 bits per heavy atom. The van der Waals surface area contributed by atoms with Crippen molar-refractivity contribution < 1.29 is 9.47 Å². The molecule has 1 aromatic heterocycles. The Hall–Kier alpha value is -2.02. The van der Waals surface area contributed by atoms with Crippen molar-refractivity contribution in [3.8, 4) is 17.2 Å². The van der Waals surface area contributed by atoms with E-state index in [1.807, 2.05) is 6.07 Å². The number of fused-ring (bicyclic) bond motifs is 1. The van der Waals surface area contributed by atoms with E-state index in [1.165, 1.54) is 69.1 Å². The molecular weight excluding hydrogens is 376 g/mol. The fourth-order valence-electron chi connectivity index (χ4n) is 5.11. The molecule has 0 spiro atoms. The van der Waals surface area contributed by atoms with Gasteiger partial charge < -0.3 is 18.9 Å². The molecule has 162 valence electrons. The molecule has 0 aliphatic carbocycles. The first-order valence-corrected chi connectivity index (χ1v) is 11.4. The summed E-state index contributed by atoms with van der Waals surface area (Å²) in [6, 6.07) is 8.57. The van der Waals surface area contributed by atoms with Gasteiger partial charge in [0.25, 0.3) is 0 Å². The monoisotopic (exact) mass is 410 g/mol. The van der Waals surface area contributed by atoms with Gasteiger partial charge in [0.1, 0.15) is 0 Å². The summed E-state index contributed by atoms with van der Waals surface area (Å²) in [7, 11) is 0. The van der Waals surface area contributed by atoms with Crippen molar-refractivity contribution in [3.05, 3.63) is 41.2 Å². The lowest BCUT2D eigenvalue weighted by molar-refractivity contribution is 0.117. The van der Waals surface area contributed by atoms with Crippen LogP contribution in [0.25, 0.3) is 5.69 Å². The zero-order valence-electron chi connectivity index (χ0n) is 18.4. The molecule has 0 saturated carbocycles. The summed E-state index contributed by atoms with van der Waals surface area (Å²) in [5.74, 6) is 1.68. The van der Waals surface area contributed by atoms with Gasteiger partial charge in [-0.1, -0.05) is 0 Å². The number of nitrogens with zero attached hydrogens (tertiary/aromatic N) is 4. The normalized spacial score (nSPS) is 20.3. The van der Waals surface area contributed by atoms with Crippen molar-refractivity contribution in [2.45, 2.75) is 33.2 Å². The first-order chi connectivity index (χ1) is 14.7. The lowest BCUT2D eigenvalue weighted by Gasteiger charge is -2.35. The number of rotatable bonds is 6. The third kappa shape index (κ3) is 4.09. The van der Waals surface area contributed by atoms with E-state index in [0.717, 1.165) is 36.8 Å². The van der Waals surface area contributed by atoms with Gasteiger partial charge in [-0.15, -0.1) is 0 Å². The minimum atomic E-state index is 0.317. The SMILES string of the molecule is Cc1cc(CN2CCN(CCN3CCCC3)CC2)c(C)n1-c1ccc2c(c1)OCO2. The number of hydrogen-bond acceptors (Lipinski definition) is 5. The van der Waals surface area contributed by atoms with Crippen LogP contribution in [0, 0.1) is 13.8 Å². The molecule has 2 saturated heterocycles. The first kappa shape index (κ1) is 19.9. The predicted molar refractivity (Wildman–Crippen MR) is 119 cm³/mol. The van der Waals surface area contributed by atoms with Crippen molar-refractivity contribution in [2.24, 2.45) is 0 Å². The maximum atomic E-state index is 5.58. The van der Waals surface area contributed by atoms with Crippen LogP contribution in [0.5, 0.6) is 11.5 Å². The fraction of sp³-hybridized carbons (Fsp3) is 0.583. The van der Waals surface area contributed by atoms with Gasteiger partial charge in [-0.2, -0.15) is 0 Å². The van der Waals surface area contributed by atoms with E-state index >= 15 is 0 Å². The molecule has 2 aromatic rings. The number of piperazine rings is 1. The number of likely N-dealkylation sites (tertiary alicyclic amines) is 1. The molecule has 3 aliphatic rings. The summed E-state index contributed by atoms with van der Waals surface area (Å²) < 4.78 is 13.4. The van der Waals surface area contributed by atoms with Gasteiger partial charge in [0, 0.05) is 69.0 Å². The summed E-state index contributed by atoms with van der Waals surface area (Å²) in [6.07, 6.45) is 2.77. The minimum Gasteiger partial charge on any atom is -0.454 e. The minimum absolute atomic E-state index is 0.317. The molecule has 0 atom stereocenters. The van der Waals surface area contributed by atoms with Gasteiger partial charge in [0.05, 0.1) is 0 Å². The largest absolute Gasteiger partial charge is 0.454 e. The molecule has 1 aromatic carbocycles. The van der Waals surface area contributed by atoms with Crippen molar-refractivity contribution >= 4 is 0 Å². The van der Waals surface area contributed by atoms with Gasteiger partial charge >= 0.3 is 0 Å². The summed E-state index contributed by atoms with van der Waals surface area (Å²) in [4.78, 5) is 7.88. The van der Waals surface area contributed by atoms with E-state index in [-0.39, 0.29) is 0 Å². The molecule has 6 nitrogen and oxygen atoms in total. The molecule has 0 amide bonds. The van der Waals surface area contributed by atoms with Gasteiger partial charge in [-0.05, 0) is 63.5 Å². The molecule has 0 unspecified atom stereocenters. The Balaban J connectivity index is 1.20. The molecule has 5 rings (SSSR count). The Labute approximate surface area is 180 Å². The van der Waals surface area contributed by atoms with Crippen molar-refractivity contribution in [1.29, 1.82) is 0 Å². The average Bonchev–Trinajstić information content (AvgIpc) is 3.49. The van der Waals surface area contributed by atoms with Gasteiger partial charge in [0.2, 0.25) is 6.79 Å². The quantitative estimate of drug-likeness (QED) is 0.731. The van der Waals surface area contributed by atoms with E-state index in [9.17, 15) is 0 Å². The van der Waals surface area contributed by atoms with Crippen LogP contribution in [0.4, 0.5) is 0 Å². The molecule has 0 N–H and O–H groups in total. The topological polar surface area (TPSA) is 33.1 Å². The average molecular weight is 411 g/mol. The Bertz CT molecular complexity index is 880. The summed E-state index contributed by atoms with van der Waals surface area (Å²) in [6.45, 7) is 15.6. The van der Waals surface area contributed by atoms with Crippen LogP contribution in [0.3, 0.4) is 0 Å². The van der Waals surface area contributed by atoms with Crippen molar-refractivity contribution in [1.82, 2.24) is 19.3 Å². The van der Waals surface area contributed by atoms with Gasteiger partial charge in [-0.3, -0.25) is 9.80 Å². The van der Waals surface area contributed by atoms with E-state index < -0.39 is 0 Å². The Morgan fingerprint density at radius 3 is 2.20 bits per heavy atom. The molecule has 6 heteroatoms. The highest BCUT2D eigenvalue weighted by Gasteiger charge is 2.21. The fourth-order valence-corrected chi connectivity index (χ4v) is 5.11. The van der Waals surface area contributed by atoms with E-state index in [0.29, 0.717) is 6.79 Å². The number of aromatic nitrogens is 1. The second kappa shape index (κ2) is 8.61. The molecule has 30 heavy (non-hydrogen) atoms. The predicted octanol–water partition coefficient (Wildman–Crippen LogP) is 3.04. The maximum Gasteiger partial charge on any atom is 0.231 e. The zero-order valence-corrected chi connectivity index (χ0v) is 18.4. The molecule has 2 fully saturated rings. The Morgan fingerprint density at radius 2 is 1.43 bits per heavy atom. The van der Waals surface area contributed by atoms with Crippen LogP contribution in [0.15, 0.2) is 24.3 Å². The third-order valence-electron chi connectivity index (χ3n) is 6.94. The number of aryl methyl sites for hydroxylation is 1. The number of benzene rings is 1. The summed E-state index contributed by atoms with van der Waals surface area (Å²) >= 11 is 0. The molecule has 0 radical (unpaired) electrons. The van der Waals surface area contributed by atoms with E-state index in [4.69, 9.17) is 9.47 Å². The van der Waals surface area contributed by atoms with E-state index in [1.54, 1.807) is 0 Å². The zero-order chi connectivity index (χ0) is 20.5. The summed E-state index contributed by atoms with van der Waals surface area (Å²) in [5, 5.41) is 0. The standard InChI is InChI=1S/C24H34N4O2/c1-19-15-21(20(2)28(19)22-5-6-23-24(16-22)30-18-29-23)17-27-13-11-26(12-14-27)10-9-25-7-3-4-8-25/h5-6,15-16H,3-4,7-14,17-18H2,1-2H3. The Kier molecular flexibility index (Phi) is 5.72. The van der Waals surface area contributed by atoms with Crippen LogP contribution in [-0.4, -0.2) is 78.4 Å². The lowest BCUT2D eigenvalue weighted by atomic mass is 10.2. The van der Waals surface area contributed by atoms with Crippen LogP contribution in [-0.2, 0) is 6.54 Å². The smallest absolute Gasteiger partial charge is 0.231 e. The highest BCUT2D eigenvalue weighted by molar-refractivity contribution is 5.52. The number of ether oxygens (including phenoxy) is 2. The van der Waals surface area contributed by atoms with Gasteiger partial charge in [-0.25, -0.2) is 0 Å². The van der Waals surface area contributed by atoms with Crippen LogP contribution in [0.1, 0.15) is 29.8 Å². The maximum absolute atomic E-state index is 5.58. The van der Waals surface area contributed by atoms with Crippen LogP contribution in [0.2, 0.25) is 0 Å². The van der Waals surface area contributed by atoms with Gasteiger partial charge in [0.15, 0.2) is 11.5 Å².